The number of carbonyl (C=O) groups is 2. The van der Waals surface area contributed by atoms with Crippen molar-refractivity contribution in [2.45, 2.75) is 25.8 Å². The van der Waals surface area contributed by atoms with Crippen LogP contribution in [-0.2, 0) is 4.79 Å². The Hall–Kier alpha value is -3.53. The summed E-state index contributed by atoms with van der Waals surface area (Å²) in [6.45, 7) is 2.09. The Morgan fingerprint density at radius 3 is 2.78 bits per heavy atom. The van der Waals surface area contributed by atoms with Crippen LogP contribution < -0.4 is 10.1 Å². The van der Waals surface area contributed by atoms with Crippen molar-refractivity contribution in [2.24, 2.45) is 0 Å². The number of hydrogen-bond acceptors (Lipinski definition) is 6. The molecule has 1 aromatic heterocycles. The minimum Gasteiger partial charge on any atom is -0.496 e. The third kappa shape index (κ3) is 4.13. The summed E-state index contributed by atoms with van der Waals surface area (Å²) in [6.07, 6.45) is 1.09. The maximum atomic E-state index is 14.4. The molecule has 1 aliphatic heterocycles. The van der Waals surface area contributed by atoms with E-state index in [4.69, 9.17) is 16.3 Å². The Balaban J connectivity index is 1.57. The molecule has 1 atom stereocenters. The smallest absolute Gasteiger partial charge is 0.258 e. The summed E-state index contributed by atoms with van der Waals surface area (Å²) < 4.78 is 21.1. The van der Waals surface area contributed by atoms with E-state index in [1.807, 2.05) is 0 Å². The lowest BCUT2D eigenvalue weighted by atomic mass is 10.1. The number of aromatic nitrogens is 4. The van der Waals surface area contributed by atoms with Gasteiger partial charge < -0.3 is 15.0 Å². The van der Waals surface area contributed by atoms with E-state index in [1.165, 1.54) is 41.0 Å². The average Bonchev–Trinajstić information content (AvgIpc) is 3.44. The van der Waals surface area contributed by atoms with Crippen LogP contribution in [0.15, 0.2) is 36.4 Å². The predicted octanol–water partition coefficient (Wildman–Crippen LogP) is 3.02. The number of hydrogen-bond donors (Lipinski definition) is 1. The first-order valence-electron chi connectivity index (χ1n) is 9.89. The SMILES string of the molecule is COc1ccc(Cl)cc1C(=O)N1CCCC1C(=O)Nc1cc(-n2nnnc2C)ccc1F. The van der Waals surface area contributed by atoms with Crippen LogP contribution in [0.3, 0.4) is 0 Å². The first-order valence-corrected chi connectivity index (χ1v) is 10.3. The van der Waals surface area contributed by atoms with Crippen molar-refractivity contribution in [1.29, 1.82) is 0 Å². The van der Waals surface area contributed by atoms with Gasteiger partial charge in [0, 0.05) is 11.6 Å². The molecule has 1 unspecified atom stereocenters. The molecule has 0 bridgehead atoms. The lowest BCUT2D eigenvalue weighted by molar-refractivity contribution is -0.119. The minimum atomic E-state index is -0.760. The zero-order chi connectivity index (χ0) is 22.8. The molecule has 0 saturated carbocycles. The highest BCUT2D eigenvalue weighted by atomic mass is 35.5. The normalized spacial score (nSPS) is 15.6. The highest BCUT2D eigenvalue weighted by molar-refractivity contribution is 6.31. The van der Waals surface area contributed by atoms with Crippen molar-refractivity contribution in [3.05, 3.63) is 58.6 Å². The van der Waals surface area contributed by atoms with Crippen LogP contribution in [0.1, 0.15) is 29.0 Å². The quantitative estimate of drug-likeness (QED) is 0.630. The molecule has 1 saturated heterocycles. The van der Waals surface area contributed by atoms with Crippen LogP contribution >= 0.6 is 11.6 Å². The van der Waals surface area contributed by atoms with Gasteiger partial charge >= 0.3 is 0 Å². The van der Waals surface area contributed by atoms with Crippen LogP contribution in [-0.4, -0.2) is 56.6 Å². The second-order valence-corrected chi connectivity index (χ2v) is 7.73. The molecule has 166 valence electrons. The summed E-state index contributed by atoms with van der Waals surface area (Å²) in [5, 5.41) is 14.2. The zero-order valence-corrected chi connectivity index (χ0v) is 18.1. The van der Waals surface area contributed by atoms with E-state index in [1.54, 1.807) is 19.1 Å². The number of nitrogens with one attached hydrogen (secondary N) is 1. The number of methoxy groups -OCH3 is 1. The maximum Gasteiger partial charge on any atom is 0.258 e. The molecule has 2 heterocycles. The molecule has 2 amide bonds. The lowest BCUT2D eigenvalue weighted by Crippen LogP contribution is -2.43. The van der Waals surface area contributed by atoms with Gasteiger partial charge in [-0.25, -0.2) is 4.39 Å². The number of ether oxygens (including phenoxy) is 1. The van der Waals surface area contributed by atoms with E-state index >= 15 is 0 Å². The topological polar surface area (TPSA) is 102 Å². The van der Waals surface area contributed by atoms with Gasteiger partial charge in [-0.3, -0.25) is 9.59 Å². The Labute approximate surface area is 188 Å². The molecule has 1 N–H and O–H groups in total. The van der Waals surface area contributed by atoms with Gasteiger partial charge in [0.05, 0.1) is 24.0 Å². The molecule has 32 heavy (non-hydrogen) atoms. The largest absolute Gasteiger partial charge is 0.496 e. The van der Waals surface area contributed by atoms with E-state index in [2.05, 4.69) is 20.8 Å². The highest BCUT2D eigenvalue weighted by Gasteiger charge is 2.36. The number of nitrogens with zero attached hydrogens (tertiary/aromatic N) is 5. The fraction of sp³-hybridized carbons (Fsp3) is 0.286. The fourth-order valence-corrected chi connectivity index (χ4v) is 3.88. The summed E-state index contributed by atoms with van der Waals surface area (Å²) >= 11 is 6.05. The van der Waals surface area contributed by atoms with Gasteiger partial charge in [-0.15, -0.1) is 5.10 Å². The van der Waals surface area contributed by atoms with Crippen molar-refractivity contribution in [2.75, 3.05) is 19.0 Å². The van der Waals surface area contributed by atoms with Crippen LogP contribution in [0.25, 0.3) is 5.69 Å². The van der Waals surface area contributed by atoms with E-state index in [0.717, 1.165) is 0 Å². The first kappa shape index (κ1) is 21.7. The molecule has 0 spiro atoms. The van der Waals surface area contributed by atoms with Crippen molar-refractivity contribution in [1.82, 2.24) is 25.1 Å². The van der Waals surface area contributed by atoms with E-state index in [-0.39, 0.29) is 17.2 Å². The van der Waals surface area contributed by atoms with Gasteiger partial charge in [0.25, 0.3) is 5.91 Å². The van der Waals surface area contributed by atoms with Crippen LogP contribution in [0.2, 0.25) is 5.02 Å². The Bertz CT molecular complexity index is 1180. The number of amides is 2. The standard InChI is InChI=1S/C21H20ClFN6O3/c1-12-25-26-27-29(12)14-6-7-16(23)17(11-14)24-20(30)18-4-3-9-28(18)21(31)15-10-13(22)5-8-19(15)32-2/h5-8,10-11,18H,3-4,9H2,1-2H3,(H,24,30). The van der Waals surface area contributed by atoms with Gasteiger partial charge in [0.2, 0.25) is 5.91 Å². The number of likely N-dealkylation sites (tertiary alicyclic amines) is 1. The van der Waals surface area contributed by atoms with Crippen molar-refractivity contribution >= 4 is 29.1 Å². The van der Waals surface area contributed by atoms with E-state index in [9.17, 15) is 14.0 Å². The summed E-state index contributed by atoms with van der Waals surface area (Å²) in [5.74, 6) is -0.597. The third-order valence-electron chi connectivity index (χ3n) is 5.29. The molecular weight excluding hydrogens is 439 g/mol. The zero-order valence-electron chi connectivity index (χ0n) is 17.4. The number of tetrazole rings is 1. The summed E-state index contributed by atoms with van der Waals surface area (Å²) in [6, 6.07) is 8.14. The number of carbonyl (C=O) groups excluding carboxylic acids is 2. The van der Waals surface area contributed by atoms with Crippen molar-refractivity contribution in [3.63, 3.8) is 0 Å². The number of rotatable bonds is 5. The number of anilines is 1. The second kappa shape index (κ2) is 8.91. The second-order valence-electron chi connectivity index (χ2n) is 7.29. The first-order chi connectivity index (χ1) is 15.4. The molecular formula is C21H20ClFN6O3. The third-order valence-corrected chi connectivity index (χ3v) is 5.52. The van der Waals surface area contributed by atoms with E-state index < -0.39 is 17.8 Å². The monoisotopic (exact) mass is 458 g/mol. The maximum absolute atomic E-state index is 14.4. The van der Waals surface area contributed by atoms with Gasteiger partial charge in [0.1, 0.15) is 17.6 Å². The number of halogens is 2. The van der Waals surface area contributed by atoms with Crippen LogP contribution in [0.4, 0.5) is 10.1 Å². The van der Waals surface area contributed by atoms with Gasteiger partial charge in [0.15, 0.2) is 5.82 Å². The van der Waals surface area contributed by atoms with Gasteiger partial charge in [-0.1, -0.05) is 11.6 Å². The number of benzene rings is 2. The molecule has 2 aromatic carbocycles. The Morgan fingerprint density at radius 1 is 1.25 bits per heavy atom. The van der Waals surface area contributed by atoms with Gasteiger partial charge in [-0.05, 0) is 66.6 Å². The molecule has 0 aliphatic carbocycles. The molecule has 0 radical (unpaired) electrons. The Kier molecular flexibility index (Phi) is 6.04. The molecule has 11 heteroatoms. The lowest BCUT2D eigenvalue weighted by Gasteiger charge is -2.25. The van der Waals surface area contributed by atoms with Gasteiger partial charge in [-0.2, -0.15) is 4.68 Å². The predicted molar refractivity (Wildman–Crippen MR) is 115 cm³/mol. The molecule has 9 nitrogen and oxygen atoms in total. The minimum absolute atomic E-state index is 0.0259. The average molecular weight is 459 g/mol. The summed E-state index contributed by atoms with van der Waals surface area (Å²) in [5.41, 5.74) is 0.733. The Morgan fingerprint density at radius 2 is 2.06 bits per heavy atom. The van der Waals surface area contributed by atoms with Crippen molar-refractivity contribution in [3.8, 4) is 11.4 Å². The molecule has 4 rings (SSSR count). The highest BCUT2D eigenvalue weighted by Crippen LogP contribution is 2.28. The van der Waals surface area contributed by atoms with Crippen LogP contribution in [0, 0.1) is 12.7 Å². The van der Waals surface area contributed by atoms with Crippen molar-refractivity contribution < 1.29 is 18.7 Å². The van der Waals surface area contributed by atoms with E-state index in [0.29, 0.717) is 41.7 Å². The summed E-state index contributed by atoms with van der Waals surface area (Å²) in [4.78, 5) is 27.6. The van der Waals surface area contributed by atoms with Crippen LogP contribution in [0.5, 0.6) is 5.75 Å². The molecule has 3 aromatic rings. The number of aryl methyl sites for hydroxylation is 1. The summed E-state index contributed by atoms with van der Waals surface area (Å²) in [7, 11) is 1.45. The fourth-order valence-electron chi connectivity index (χ4n) is 3.71. The molecule has 1 fully saturated rings. The molecule has 1 aliphatic rings.